The number of carboxylic acid groups (broad SMARTS) is 1. The molecule has 1 aromatic carbocycles. The quantitative estimate of drug-likeness (QED) is 0.860. The van der Waals surface area contributed by atoms with Crippen LogP contribution in [-0.4, -0.2) is 58.2 Å². The van der Waals surface area contributed by atoms with Gasteiger partial charge in [-0.15, -0.1) is 0 Å². The molecular weight excluding hydrogens is 305 g/mol. The molecule has 1 atom stereocenters. The Hall–Kier alpha value is -2.48. The van der Waals surface area contributed by atoms with Crippen LogP contribution in [0.4, 0.5) is 4.39 Å². The summed E-state index contributed by atoms with van der Waals surface area (Å²) < 4.78 is 18.0. The van der Waals surface area contributed by atoms with Gasteiger partial charge in [-0.3, -0.25) is 4.79 Å². The van der Waals surface area contributed by atoms with E-state index in [-0.39, 0.29) is 24.2 Å². The summed E-state index contributed by atoms with van der Waals surface area (Å²) in [4.78, 5) is 31.5. The number of hydrogen-bond acceptors (Lipinski definition) is 4. The molecule has 7 nitrogen and oxygen atoms in total. The Labute approximate surface area is 131 Å². The molecule has 0 saturated carbocycles. The van der Waals surface area contributed by atoms with Crippen LogP contribution in [0.1, 0.15) is 18.2 Å². The molecule has 1 aromatic heterocycles. The third kappa shape index (κ3) is 3.48. The Balaban J connectivity index is 1.62. The molecule has 1 aliphatic heterocycles. The van der Waals surface area contributed by atoms with Gasteiger partial charge in [0.15, 0.2) is 0 Å². The minimum atomic E-state index is -1.10. The number of nitrogens with zero attached hydrogens (tertiary/aromatic N) is 2. The third-order valence-electron chi connectivity index (χ3n) is 3.84. The zero-order valence-electron chi connectivity index (χ0n) is 12.3. The number of aliphatic carboxylic acids is 1. The van der Waals surface area contributed by atoms with Crippen molar-refractivity contribution in [1.82, 2.24) is 14.9 Å². The molecule has 2 heterocycles. The van der Waals surface area contributed by atoms with Gasteiger partial charge in [0.25, 0.3) is 0 Å². The van der Waals surface area contributed by atoms with Gasteiger partial charge in [0, 0.05) is 19.0 Å². The van der Waals surface area contributed by atoms with E-state index >= 15 is 0 Å². The van der Waals surface area contributed by atoms with Crippen molar-refractivity contribution >= 4 is 22.9 Å². The summed E-state index contributed by atoms with van der Waals surface area (Å²) in [6, 6.07) is 4.36. The number of nitrogens with one attached hydrogen (secondary N) is 1. The SMILES string of the molecule is O=C(O)COCC(=O)N1CC[C@H](c2nc3ccc(F)cc3[nH]2)C1. The molecule has 1 amide bonds. The second-order valence-electron chi connectivity index (χ2n) is 5.50. The molecule has 2 aromatic rings. The summed E-state index contributed by atoms with van der Waals surface area (Å²) in [6.07, 6.45) is 0.743. The van der Waals surface area contributed by atoms with Crippen molar-refractivity contribution in [2.45, 2.75) is 12.3 Å². The van der Waals surface area contributed by atoms with Crippen molar-refractivity contribution in [2.24, 2.45) is 0 Å². The molecule has 3 rings (SSSR count). The number of hydrogen-bond donors (Lipinski definition) is 2. The molecule has 1 saturated heterocycles. The summed E-state index contributed by atoms with van der Waals surface area (Å²) in [7, 11) is 0. The van der Waals surface area contributed by atoms with E-state index in [4.69, 9.17) is 9.84 Å². The highest BCUT2D eigenvalue weighted by molar-refractivity contribution is 5.78. The summed E-state index contributed by atoms with van der Waals surface area (Å²) in [5.74, 6) is -0.893. The van der Waals surface area contributed by atoms with Crippen molar-refractivity contribution in [2.75, 3.05) is 26.3 Å². The molecule has 122 valence electrons. The topological polar surface area (TPSA) is 95.5 Å². The maximum Gasteiger partial charge on any atom is 0.329 e. The summed E-state index contributed by atoms with van der Waals surface area (Å²) in [5, 5.41) is 8.48. The van der Waals surface area contributed by atoms with Gasteiger partial charge >= 0.3 is 5.97 Å². The number of rotatable bonds is 5. The zero-order valence-corrected chi connectivity index (χ0v) is 12.3. The number of carbonyl (C=O) groups is 2. The smallest absolute Gasteiger partial charge is 0.329 e. The molecule has 0 radical (unpaired) electrons. The van der Waals surface area contributed by atoms with Crippen LogP contribution in [0.3, 0.4) is 0 Å². The van der Waals surface area contributed by atoms with E-state index < -0.39 is 12.6 Å². The van der Waals surface area contributed by atoms with Crippen LogP contribution in [0.15, 0.2) is 18.2 Å². The lowest BCUT2D eigenvalue weighted by molar-refractivity contribution is -0.145. The van der Waals surface area contributed by atoms with Crippen LogP contribution in [0.2, 0.25) is 0 Å². The van der Waals surface area contributed by atoms with Crippen molar-refractivity contribution in [3.63, 3.8) is 0 Å². The van der Waals surface area contributed by atoms with Crippen LogP contribution in [0.25, 0.3) is 11.0 Å². The van der Waals surface area contributed by atoms with Crippen molar-refractivity contribution in [1.29, 1.82) is 0 Å². The number of likely N-dealkylation sites (tertiary alicyclic amines) is 1. The number of H-pyrrole nitrogens is 1. The van der Waals surface area contributed by atoms with Gasteiger partial charge in [-0.25, -0.2) is 14.2 Å². The van der Waals surface area contributed by atoms with Crippen LogP contribution >= 0.6 is 0 Å². The van der Waals surface area contributed by atoms with Gasteiger partial charge in [0.2, 0.25) is 5.91 Å². The van der Waals surface area contributed by atoms with E-state index in [1.807, 2.05) is 0 Å². The number of ether oxygens (including phenoxy) is 1. The summed E-state index contributed by atoms with van der Waals surface area (Å²) >= 11 is 0. The highest BCUT2D eigenvalue weighted by Crippen LogP contribution is 2.27. The standard InChI is InChI=1S/C15H16FN3O4/c16-10-1-2-11-12(5-10)18-15(17-11)9-3-4-19(6-9)13(20)7-23-8-14(21)22/h1-2,5,9H,3-4,6-8H2,(H,17,18)(H,21,22)/t9-/m0/s1. The minimum absolute atomic E-state index is 0.0499. The number of aromatic amines is 1. The molecule has 1 aliphatic rings. The molecule has 0 aliphatic carbocycles. The number of carbonyl (C=O) groups excluding carboxylic acids is 1. The molecule has 0 unspecified atom stereocenters. The van der Waals surface area contributed by atoms with E-state index in [1.165, 1.54) is 12.1 Å². The lowest BCUT2D eigenvalue weighted by atomic mass is 10.1. The first-order valence-corrected chi connectivity index (χ1v) is 7.25. The monoisotopic (exact) mass is 321 g/mol. The fourth-order valence-electron chi connectivity index (χ4n) is 2.72. The number of fused-ring (bicyclic) bond motifs is 1. The van der Waals surface area contributed by atoms with Crippen molar-refractivity contribution in [3.8, 4) is 0 Å². The van der Waals surface area contributed by atoms with Crippen LogP contribution in [0, 0.1) is 5.82 Å². The molecule has 0 spiro atoms. The lowest BCUT2D eigenvalue weighted by Gasteiger charge is -2.15. The first-order valence-electron chi connectivity index (χ1n) is 7.25. The minimum Gasteiger partial charge on any atom is -0.480 e. The third-order valence-corrected chi connectivity index (χ3v) is 3.84. The van der Waals surface area contributed by atoms with Gasteiger partial charge in [0.05, 0.1) is 11.0 Å². The molecule has 2 N–H and O–H groups in total. The van der Waals surface area contributed by atoms with Gasteiger partial charge in [-0.2, -0.15) is 0 Å². The van der Waals surface area contributed by atoms with Gasteiger partial charge in [-0.05, 0) is 24.6 Å². The lowest BCUT2D eigenvalue weighted by Crippen LogP contribution is -2.32. The number of amides is 1. The number of benzene rings is 1. The Morgan fingerprint density at radius 2 is 2.26 bits per heavy atom. The second-order valence-corrected chi connectivity index (χ2v) is 5.50. The van der Waals surface area contributed by atoms with Crippen molar-refractivity contribution in [3.05, 3.63) is 29.8 Å². The van der Waals surface area contributed by atoms with E-state index in [1.54, 1.807) is 11.0 Å². The Kier molecular flexibility index (Phi) is 4.24. The largest absolute Gasteiger partial charge is 0.480 e. The first-order chi connectivity index (χ1) is 11.0. The highest BCUT2D eigenvalue weighted by atomic mass is 19.1. The average Bonchev–Trinajstić information content (AvgIpc) is 3.12. The van der Waals surface area contributed by atoms with E-state index in [0.29, 0.717) is 24.1 Å². The van der Waals surface area contributed by atoms with Crippen LogP contribution in [0.5, 0.6) is 0 Å². The first kappa shape index (κ1) is 15.4. The summed E-state index contributed by atoms with van der Waals surface area (Å²) in [5.41, 5.74) is 1.32. The number of imidazole rings is 1. The highest BCUT2D eigenvalue weighted by Gasteiger charge is 2.29. The van der Waals surface area contributed by atoms with E-state index in [0.717, 1.165) is 12.2 Å². The van der Waals surface area contributed by atoms with Gasteiger partial charge < -0.3 is 19.7 Å². The second kappa shape index (κ2) is 6.33. The molecule has 1 fully saturated rings. The molecule has 8 heteroatoms. The van der Waals surface area contributed by atoms with Crippen LogP contribution < -0.4 is 0 Å². The van der Waals surface area contributed by atoms with Crippen LogP contribution in [-0.2, 0) is 14.3 Å². The number of carboxylic acids is 1. The Morgan fingerprint density at radius 1 is 1.43 bits per heavy atom. The van der Waals surface area contributed by atoms with E-state index in [9.17, 15) is 14.0 Å². The maximum atomic E-state index is 13.2. The Morgan fingerprint density at radius 3 is 3.04 bits per heavy atom. The predicted octanol–water partition coefficient (Wildman–Crippen LogP) is 1.12. The number of aromatic nitrogens is 2. The van der Waals surface area contributed by atoms with E-state index in [2.05, 4.69) is 9.97 Å². The molecule has 0 bridgehead atoms. The molecular formula is C15H16FN3O4. The fourth-order valence-corrected chi connectivity index (χ4v) is 2.72. The molecule has 23 heavy (non-hydrogen) atoms. The summed E-state index contributed by atoms with van der Waals surface area (Å²) in [6.45, 7) is 0.311. The van der Waals surface area contributed by atoms with Gasteiger partial charge in [0.1, 0.15) is 24.9 Å². The normalized spacial score (nSPS) is 17.8. The predicted molar refractivity (Wildman–Crippen MR) is 78.4 cm³/mol. The van der Waals surface area contributed by atoms with Gasteiger partial charge in [-0.1, -0.05) is 0 Å². The van der Waals surface area contributed by atoms with Crippen molar-refractivity contribution < 1.29 is 23.8 Å². The zero-order chi connectivity index (χ0) is 16.4. The maximum absolute atomic E-state index is 13.2. The number of halogens is 1. The fraction of sp³-hybridized carbons (Fsp3) is 0.400. The Bertz CT molecular complexity index is 745. The average molecular weight is 321 g/mol.